The SMILES string of the molecule is CC(C)(CCCO)CNc1nc2ccc(Cl)cn2n1. The van der Waals surface area contributed by atoms with E-state index >= 15 is 0 Å². The lowest BCUT2D eigenvalue weighted by atomic mass is 9.88. The number of anilines is 1. The van der Waals surface area contributed by atoms with Crippen LogP contribution in [-0.4, -0.2) is 32.9 Å². The summed E-state index contributed by atoms with van der Waals surface area (Å²) in [5, 5.41) is 17.1. The van der Waals surface area contributed by atoms with Gasteiger partial charge in [-0.05, 0) is 30.4 Å². The fourth-order valence-corrected chi connectivity index (χ4v) is 2.05. The molecule has 0 spiro atoms. The summed E-state index contributed by atoms with van der Waals surface area (Å²) in [6.45, 7) is 5.30. The molecule has 2 aromatic rings. The van der Waals surface area contributed by atoms with Crippen LogP contribution in [0.4, 0.5) is 5.95 Å². The number of hydrogen-bond acceptors (Lipinski definition) is 4. The third-order valence-electron chi connectivity index (χ3n) is 3.03. The van der Waals surface area contributed by atoms with Gasteiger partial charge in [-0.25, -0.2) is 4.52 Å². The standard InChI is InChI=1S/C13H19ClN4O/c1-13(2,6-3-7-19)9-15-12-16-11-5-4-10(14)8-18(11)17-12/h4-5,8,19H,3,6-7,9H2,1-2H3,(H,15,17). The number of aliphatic hydroxyl groups is 1. The average Bonchev–Trinajstić information content (AvgIpc) is 2.76. The summed E-state index contributed by atoms with van der Waals surface area (Å²) in [5.74, 6) is 0.597. The second-order valence-electron chi connectivity index (χ2n) is 5.43. The fraction of sp³-hybridized carbons (Fsp3) is 0.538. The number of pyridine rings is 1. The molecule has 104 valence electrons. The van der Waals surface area contributed by atoms with Crippen molar-refractivity contribution in [3.8, 4) is 0 Å². The smallest absolute Gasteiger partial charge is 0.243 e. The Balaban J connectivity index is 2.01. The van der Waals surface area contributed by atoms with E-state index in [2.05, 4.69) is 29.2 Å². The first-order valence-corrected chi connectivity index (χ1v) is 6.75. The minimum absolute atomic E-state index is 0.0951. The van der Waals surface area contributed by atoms with Crippen molar-refractivity contribution in [2.75, 3.05) is 18.5 Å². The third kappa shape index (κ3) is 3.81. The highest BCUT2D eigenvalue weighted by atomic mass is 35.5. The Labute approximate surface area is 117 Å². The molecule has 2 aromatic heterocycles. The van der Waals surface area contributed by atoms with Crippen LogP contribution in [0.15, 0.2) is 18.3 Å². The van der Waals surface area contributed by atoms with Crippen molar-refractivity contribution in [2.24, 2.45) is 5.41 Å². The van der Waals surface area contributed by atoms with Gasteiger partial charge in [0.15, 0.2) is 5.65 Å². The lowest BCUT2D eigenvalue weighted by Gasteiger charge is -2.24. The fourth-order valence-electron chi connectivity index (χ4n) is 1.90. The highest BCUT2D eigenvalue weighted by molar-refractivity contribution is 6.30. The van der Waals surface area contributed by atoms with Crippen LogP contribution in [-0.2, 0) is 0 Å². The van der Waals surface area contributed by atoms with Gasteiger partial charge in [0.25, 0.3) is 0 Å². The molecule has 0 aromatic carbocycles. The second kappa shape index (κ2) is 5.75. The third-order valence-corrected chi connectivity index (χ3v) is 3.26. The maximum absolute atomic E-state index is 8.88. The summed E-state index contributed by atoms with van der Waals surface area (Å²) >= 11 is 5.90. The van der Waals surface area contributed by atoms with E-state index in [1.165, 1.54) is 0 Å². The molecular weight excluding hydrogens is 264 g/mol. The summed E-state index contributed by atoms with van der Waals surface area (Å²) in [6, 6.07) is 3.62. The van der Waals surface area contributed by atoms with Gasteiger partial charge in [0.2, 0.25) is 5.95 Å². The van der Waals surface area contributed by atoms with Crippen LogP contribution in [0.2, 0.25) is 5.02 Å². The Morgan fingerprint density at radius 3 is 2.95 bits per heavy atom. The maximum Gasteiger partial charge on any atom is 0.243 e. The largest absolute Gasteiger partial charge is 0.396 e. The van der Waals surface area contributed by atoms with Gasteiger partial charge in [-0.1, -0.05) is 25.4 Å². The van der Waals surface area contributed by atoms with Crippen LogP contribution in [0.1, 0.15) is 26.7 Å². The summed E-state index contributed by atoms with van der Waals surface area (Å²) < 4.78 is 1.66. The molecule has 19 heavy (non-hydrogen) atoms. The molecular formula is C13H19ClN4O. The molecule has 0 fully saturated rings. The number of fused-ring (bicyclic) bond motifs is 1. The van der Waals surface area contributed by atoms with Crippen LogP contribution in [0.3, 0.4) is 0 Å². The average molecular weight is 283 g/mol. The molecule has 6 heteroatoms. The molecule has 0 amide bonds. The van der Waals surface area contributed by atoms with Crippen molar-refractivity contribution in [3.05, 3.63) is 23.4 Å². The van der Waals surface area contributed by atoms with Gasteiger partial charge in [0.1, 0.15) is 0 Å². The maximum atomic E-state index is 8.88. The Hall–Kier alpha value is -1.33. The minimum Gasteiger partial charge on any atom is -0.396 e. The highest BCUT2D eigenvalue weighted by Crippen LogP contribution is 2.22. The number of hydrogen-bond donors (Lipinski definition) is 2. The number of nitrogens with zero attached hydrogens (tertiary/aromatic N) is 3. The molecule has 0 saturated carbocycles. The Kier molecular flexibility index (Phi) is 4.27. The van der Waals surface area contributed by atoms with E-state index in [-0.39, 0.29) is 12.0 Å². The van der Waals surface area contributed by atoms with Crippen LogP contribution >= 0.6 is 11.6 Å². The van der Waals surface area contributed by atoms with Crippen LogP contribution in [0, 0.1) is 5.41 Å². The van der Waals surface area contributed by atoms with E-state index < -0.39 is 0 Å². The van der Waals surface area contributed by atoms with E-state index in [0.29, 0.717) is 11.0 Å². The number of aromatic nitrogens is 3. The molecule has 0 aliphatic heterocycles. The van der Waals surface area contributed by atoms with E-state index in [4.69, 9.17) is 16.7 Å². The molecule has 0 radical (unpaired) electrons. The van der Waals surface area contributed by atoms with E-state index in [0.717, 1.165) is 25.0 Å². The van der Waals surface area contributed by atoms with E-state index in [9.17, 15) is 0 Å². The number of rotatable bonds is 6. The molecule has 0 unspecified atom stereocenters. The predicted molar refractivity (Wildman–Crippen MR) is 76.6 cm³/mol. The van der Waals surface area contributed by atoms with Gasteiger partial charge in [0, 0.05) is 19.3 Å². The van der Waals surface area contributed by atoms with E-state index in [1.54, 1.807) is 16.8 Å². The van der Waals surface area contributed by atoms with Crippen molar-refractivity contribution in [2.45, 2.75) is 26.7 Å². The number of halogens is 1. The summed E-state index contributed by atoms with van der Waals surface area (Å²) in [4.78, 5) is 4.37. The molecule has 2 heterocycles. The zero-order valence-electron chi connectivity index (χ0n) is 11.2. The minimum atomic E-state index is 0.0951. The monoisotopic (exact) mass is 282 g/mol. The summed E-state index contributed by atoms with van der Waals surface area (Å²) in [5.41, 5.74) is 0.859. The molecule has 2 N–H and O–H groups in total. The van der Waals surface area contributed by atoms with Crippen molar-refractivity contribution in [1.82, 2.24) is 14.6 Å². The normalized spacial score (nSPS) is 12.0. The Bertz CT molecular complexity index is 553. The molecule has 2 rings (SSSR count). The van der Waals surface area contributed by atoms with Gasteiger partial charge in [-0.15, -0.1) is 5.10 Å². The molecule has 0 aliphatic rings. The number of aliphatic hydroxyl groups excluding tert-OH is 1. The topological polar surface area (TPSA) is 62.5 Å². The predicted octanol–water partition coefficient (Wildman–Crippen LogP) is 2.59. The molecule has 0 saturated heterocycles. The van der Waals surface area contributed by atoms with Gasteiger partial charge < -0.3 is 10.4 Å². The van der Waals surface area contributed by atoms with Crippen LogP contribution in [0.25, 0.3) is 5.65 Å². The zero-order chi connectivity index (χ0) is 13.9. The lowest BCUT2D eigenvalue weighted by Crippen LogP contribution is -2.23. The number of nitrogens with one attached hydrogen (secondary N) is 1. The van der Waals surface area contributed by atoms with E-state index in [1.807, 2.05) is 6.07 Å². The molecule has 5 nitrogen and oxygen atoms in total. The summed E-state index contributed by atoms with van der Waals surface area (Å²) in [7, 11) is 0. The van der Waals surface area contributed by atoms with Gasteiger partial charge >= 0.3 is 0 Å². The Morgan fingerprint density at radius 1 is 1.42 bits per heavy atom. The first kappa shape index (κ1) is 14.1. The van der Waals surface area contributed by atoms with Crippen molar-refractivity contribution in [3.63, 3.8) is 0 Å². The van der Waals surface area contributed by atoms with Crippen molar-refractivity contribution in [1.29, 1.82) is 0 Å². The first-order chi connectivity index (χ1) is 9.00. The molecule has 0 bridgehead atoms. The van der Waals surface area contributed by atoms with Crippen molar-refractivity contribution < 1.29 is 5.11 Å². The summed E-state index contributed by atoms with van der Waals surface area (Å²) in [6.07, 6.45) is 3.49. The zero-order valence-corrected chi connectivity index (χ0v) is 12.0. The molecule has 0 aliphatic carbocycles. The second-order valence-corrected chi connectivity index (χ2v) is 5.87. The quantitative estimate of drug-likeness (QED) is 0.855. The lowest BCUT2D eigenvalue weighted by molar-refractivity contribution is 0.247. The Morgan fingerprint density at radius 2 is 2.21 bits per heavy atom. The first-order valence-electron chi connectivity index (χ1n) is 6.37. The van der Waals surface area contributed by atoms with Crippen molar-refractivity contribution >= 4 is 23.2 Å². The van der Waals surface area contributed by atoms with Crippen LogP contribution in [0.5, 0.6) is 0 Å². The molecule has 0 atom stereocenters. The highest BCUT2D eigenvalue weighted by Gasteiger charge is 2.17. The van der Waals surface area contributed by atoms with Gasteiger partial charge in [-0.2, -0.15) is 4.98 Å². The van der Waals surface area contributed by atoms with Gasteiger partial charge in [-0.3, -0.25) is 0 Å². The van der Waals surface area contributed by atoms with Crippen LogP contribution < -0.4 is 5.32 Å². The van der Waals surface area contributed by atoms with Gasteiger partial charge in [0.05, 0.1) is 5.02 Å².